The van der Waals surface area contributed by atoms with Gasteiger partial charge in [0, 0.05) is 45.3 Å². The number of hydrogen-bond acceptors (Lipinski definition) is 10. The molecular formula is C33H48O10. The summed E-state index contributed by atoms with van der Waals surface area (Å²) in [7, 11) is 1.59. The minimum atomic E-state index is -1.36. The molecule has 1 saturated heterocycles. The van der Waals surface area contributed by atoms with E-state index in [0.29, 0.717) is 31.3 Å². The van der Waals surface area contributed by atoms with E-state index in [1.165, 1.54) is 13.8 Å². The van der Waals surface area contributed by atoms with E-state index in [0.717, 1.165) is 5.57 Å². The van der Waals surface area contributed by atoms with Gasteiger partial charge in [0.05, 0.1) is 6.10 Å². The van der Waals surface area contributed by atoms with Crippen molar-refractivity contribution in [2.45, 2.75) is 118 Å². The summed E-state index contributed by atoms with van der Waals surface area (Å²) in [6.07, 6.45) is 3.02. The van der Waals surface area contributed by atoms with Gasteiger partial charge in [-0.25, -0.2) is 0 Å². The van der Waals surface area contributed by atoms with Crippen LogP contribution in [-0.2, 0) is 47.6 Å². The molecule has 1 heterocycles. The van der Waals surface area contributed by atoms with Gasteiger partial charge in [0.2, 0.25) is 12.6 Å². The van der Waals surface area contributed by atoms with Gasteiger partial charge in [-0.1, -0.05) is 52.0 Å². The number of ether oxygens (including phenoxy) is 6. The van der Waals surface area contributed by atoms with E-state index in [4.69, 9.17) is 28.4 Å². The minimum absolute atomic E-state index is 0.126. The number of methoxy groups -OCH3 is 1. The van der Waals surface area contributed by atoms with Crippen LogP contribution < -0.4 is 0 Å². The molecule has 10 heteroatoms. The fourth-order valence-corrected chi connectivity index (χ4v) is 7.09. The van der Waals surface area contributed by atoms with Gasteiger partial charge in [0.25, 0.3) is 0 Å². The van der Waals surface area contributed by atoms with Gasteiger partial charge in [0.15, 0.2) is 6.10 Å². The Morgan fingerprint density at radius 3 is 2.14 bits per heavy atom. The molecule has 0 radical (unpaired) electrons. The van der Waals surface area contributed by atoms with Gasteiger partial charge >= 0.3 is 23.9 Å². The van der Waals surface area contributed by atoms with Crippen LogP contribution in [0.15, 0.2) is 36.0 Å². The summed E-state index contributed by atoms with van der Waals surface area (Å²) in [5.41, 5.74) is -0.576. The first kappa shape index (κ1) is 34.5. The predicted octanol–water partition coefficient (Wildman–Crippen LogP) is 5.34. The van der Waals surface area contributed by atoms with E-state index in [2.05, 4.69) is 19.6 Å². The van der Waals surface area contributed by atoms with Crippen molar-refractivity contribution >= 4 is 23.9 Å². The fourth-order valence-electron chi connectivity index (χ4n) is 7.09. The predicted molar refractivity (Wildman–Crippen MR) is 157 cm³/mol. The van der Waals surface area contributed by atoms with Gasteiger partial charge < -0.3 is 23.7 Å². The summed E-state index contributed by atoms with van der Waals surface area (Å²) in [5.74, 6) is -2.89. The summed E-state index contributed by atoms with van der Waals surface area (Å²) in [6, 6.07) is 0. The van der Waals surface area contributed by atoms with E-state index >= 15 is 0 Å². The Kier molecular flexibility index (Phi) is 11.4. The summed E-state index contributed by atoms with van der Waals surface area (Å²) >= 11 is 0. The van der Waals surface area contributed by atoms with Crippen molar-refractivity contribution in [1.82, 2.24) is 0 Å². The highest BCUT2D eigenvalue weighted by atomic mass is 16.8. The molecule has 43 heavy (non-hydrogen) atoms. The number of allylic oxidation sites excluding steroid dienone is 3. The van der Waals surface area contributed by atoms with E-state index in [1.54, 1.807) is 19.3 Å². The largest absolute Gasteiger partial charge is 0.458 e. The molecule has 0 bridgehead atoms. The third-order valence-electron chi connectivity index (χ3n) is 9.37. The van der Waals surface area contributed by atoms with Crippen LogP contribution in [0.1, 0.15) is 87.0 Å². The number of esters is 4. The monoisotopic (exact) mass is 604 g/mol. The summed E-state index contributed by atoms with van der Waals surface area (Å²) in [6.45, 7) is 16.2. The van der Waals surface area contributed by atoms with E-state index in [9.17, 15) is 19.2 Å². The highest BCUT2D eigenvalue weighted by molar-refractivity contribution is 5.71. The molecule has 240 valence electrons. The first-order chi connectivity index (χ1) is 20.3. The molecule has 2 aliphatic carbocycles. The average molecular weight is 605 g/mol. The molecule has 1 spiro atoms. The van der Waals surface area contributed by atoms with Crippen LogP contribution in [0.25, 0.3) is 0 Å². The second kappa shape index (κ2) is 14.2. The Balaban J connectivity index is 2.41. The van der Waals surface area contributed by atoms with Crippen LogP contribution in [-0.4, -0.2) is 61.9 Å². The molecule has 10 nitrogen and oxygen atoms in total. The van der Waals surface area contributed by atoms with Crippen molar-refractivity contribution < 1.29 is 47.6 Å². The van der Waals surface area contributed by atoms with Crippen LogP contribution in [0.3, 0.4) is 0 Å². The van der Waals surface area contributed by atoms with Crippen LogP contribution in [0.2, 0.25) is 0 Å². The first-order valence-corrected chi connectivity index (χ1v) is 15.2. The number of rotatable bonds is 12. The quantitative estimate of drug-likeness (QED) is 0.125. The molecule has 0 aromatic carbocycles. The third-order valence-corrected chi connectivity index (χ3v) is 9.37. The van der Waals surface area contributed by atoms with Gasteiger partial charge in [0.1, 0.15) is 11.5 Å². The highest BCUT2D eigenvalue weighted by Crippen LogP contribution is 2.68. The summed E-state index contributed by atoms with van der Waals surface area (Å²) in [4.78, 5) is 51.3. The molecule has 0 amide bonds. The van der Waals surface area contributed by atoms with Crippen LogP contribution >= 0.6 is 0 Å². The molecule has 1 aliphatic heterocycles. The smallest absolute Gasteiger partial charge is 0.308 e. The molecule has 0 N–H and O–H groups in total. The SMILES string of the molecule is C=C/C(C)=C\C[C@]1(C)[C@H](C)[C@@H](OC(=O)CCC)[C@H](OC(C)=O)[C@@]23C(=C[C@H](OC)C[C@@H]12)[C@@H](OC(C)=O)O[C@@H]3OC(=O)CCC. The topological polar surface area (TPSA) is 124 Å². The van der Waals surface area contributed by atoms with E-state index in [1.807, 2.05) is 27.7 Å². The Morgan fingerprint density at radius 1 is 1.00 bits per heavy atom. The molecular weight excluding hydrogens is 556 g/mol. The average Bonchev–Trinajstić information content (AvgIpc) is 3.23. The zero-order valence-corrected chi connectivity index (χ0v) is 26.8. The molecule has 9 atom stereocenters. The minimum Gasteiger partial charge on any atom is -0.458 e. The fraction of sp³-hybridized carbons (Fsp3) is 0.697. The standard InChI is InChI=1S/C33H48O10/c1-10-13-26(36)41-28-20(5)32(8,16-15-19(4)12-3)25-18-23(38-9)17-24-30(40-22(7)35)43-31(42-27(37)14-11-2)33(24,25)29(28)39-21(6)34/h12,15,17,20,23,25,28-31H,3,10-11,13-14,16,18H2,1-2,4-9H3/b19-15-/t20-,23+,25+,28-,29+,30+,31+,32-,33-/m1/s1. The van der Waals surface area contributed by atoms with Gasteiger partial charge in [-0.15, -0.1) is 0 Å². The Hall–Kier alpha value is -2.98. The van der Waals surface area contributed by atoms with E-state index < -0.39 is 71.5 Å². The van der Waals surface area contributed by atoms with Gasteiger partial charge in [-0.3, -0.25) is 23.9 Å². The van der Waals surface area contributed by atoms with Crippen LogP contribution in [0.5, 0.6) is 0 Å². The molecule has 0 unspecified atom stereocenters. The van der Waals surface area contributed by atoms with Crippen molar-refractivity contribution in [2.75, 3.05) is 7.11 Å². The van der Waals surface area contributed by atoms with Crippen molar-refractivity contribution in [3.8, 4) is 0 Å². The van der Waals surface area contributed by atoms with Gasteiger partial charge in [-0.2, -0.15) is 0 Å². The number of hydrogen-bond donors (Lipinski definition) is 0. The van der Waals surface area contributed by atoms with Crippen LogP contribution in [0.4, 0.5) is 0 Å². The maximum absolute atomic E-state index is 13.1. The van der Waals surface area contributed by atoms with Crippen molar-refractivity contribution in [3.05, 3.63) is 36.0 Å². The second-order valence-electron chi connectivity index (χ2n) is 12.2. The molecule has 0 aromatic heterocycles. The third kappa shape index (κ3) is 6.75. The Morgan fingerprint density at radius 2 is 1.60 bits per heavy atom. The van der Waals surface area contributed by atoms with E-state index in [-0.39, 0.29) is 18.8 Å². The normalized spacial score (nSPS) is 35.1. The maximum Gasteiger partial charge on any atom is 0.308 e. The lowest BCUT2D eigenvalue weighted by atomic mass is 9.44. The second-order valence-corrected chi connectivity index (χ2v) is 12.2. The lowest BCUT2D eigenvalue weighted by Crippen LogP contribution is -2.69. The van der Waals surface area contributed by atoms with Gasteiger partial charge in [-0.05, 0) is 50.0 Å². The highest BCUT2D eigenvalue weighted by Gasteiger charge is 2.75. The summed E-state index contributed by atoms with van der Waals surface area (Å²) in [5, 5.41) is 0. The molecule has 2 fully saturated rings. The zero-order valence-electron chi connectivity index (χ0n) is 26.8. The van der Waals surface area contributed by atoms with Crippen molar-refractivity contribution in [2.24, 2.45) is 22.7 Å². The lowest BCUT2D eigenvalue weighted by molar-refractivity contribution is -0.279. The number of carbonyl (C=O) groups excluding carboxylic acids is 4. The molecule has 3 rings (SSSR count). The maximum atomic E-state index is 13.1. The summed E-state index contributed by atoms with van der Waals surface area (Å²) < 4.78 is 36.2. The van der Waals surface area contributed by atoms with Crippen molar-refractivity contribution in [3.63, 3.8) is 0 Å². The number of carbonyl (C=O) groups is 4. The molecule has 0 aromatic rings. The van der Waals surface area contributed by atoms with Crippen LogP contribution in [0, 0.1) is 22.7 Å². The molecule has 1 saturated carbocycles. The first-order valence-electron chi connectivity index (χ1n) is 15.2. The molecule has 3 aliphatic rings. The van der Waals surface area contributed by atoms with Crippen molar-refractivity contribution in [1.29, 1.82) is 0 Å². The zero-order chi connectivity index (χ0) is 32.1. The Bertz CT molecular complexity index is 1140. The Labute approximate surface area is 255 Å². The lowest BCUT2D eigenvalue weighted by Gasteiger charge is -2.62.